The van der Waals surface area contributed by atoms with Gasteiger partial charge in [-0.05, 0) is 42.2 Å². The van der Waals surface area contributed by atoms with Crippen molar-refractivity contribution in [2.45, 2.75) is 26.8 Å². The van der Waals surface area contributed by atoms with Crippen molar-refractivity contribution in [2.24, 2.45) is 0 Å². The molecule has 0 aliphatic carbocycles. The van der Waals surface area contributed by atoms with E-state index in [4.69, 9.17) is 0 Å². The number of amides is 1. The molecule has 0 aliphatic heterocycles. The maximum absolute atomic E-state index is 12.6. The van der Waals surface area contributed by atoms with E-state index in [1.54, 1.807) is 4.90 Å². The Balaban J connectivity index is 2.13. The third-order valence-corrected chi connectivity index (χ3v) is 4.12. The summed E-state index contributed by atoms with van der Waals surface area (Å²) in [6.07, 6.45) is 1.03. The molecule has 2 nitrogen and oxygen atoms in total. The third kappa shape index (κ3) is 3.94. The number of hydrogen-bond donors (Lipinski definition) is 0. The monoisotopic (exact) mass is 345 g/mol. The molecule has 0 atom stereocenters. The molecule has 1 amide bonds. The third-order valence-electron chi connectivity index (χ3n) is 3.63. The zero-order chi connectivity index (χ0) is 15.4. The number of carbonyl (C=O) groups is 1. The van der Waals surface area contributed by atoms with E-state index in [1.807, 2.05) is 32.2 Å². The highest BCUT2D eigenvalue weighted by molar-refractivity contribution is 9.10. The quantitative estimate of drug-likeness (QED) is 0.793. The Bertz CT molecular complexity index is 634. The molecule has 0 heterocycles. The first-order valence-corrected chi connectivity index (χ1v) is 7.90. The second-order valence-corrected chi connectivity index (χ2v) is 6.21. The van der Waals surface area contributed by atoms with E-state index in [1.165, 1.54) is 5.56 Å². The van der Waals surface area contributed by atoms with Gasteiger partial charge in [-0.25, -0.2) is 0 Å². The van der Waals surface area contributed by atoms with Gasteiger partial charge in [0.1, 0.15) is 0 Å². The zero-order valence-electron chi connectivity index (χ0n) is 12.7. The van der Waals surface area contributed by atoms with Gasteiger partial charge in [0, 0.05) is 23.6 Å². The van der Waals surface area contributed by atoms with Crippen molar-refractivity contribution in [2.75, 3.05) is 7.05 Å². The van der Waals surface area contributed by atoms with Gasteiger partial charge in [-0.15, -0.1) is 0 Å². The van der Waals surface area contributed by atoms with Crippen LogP contribution in [0.2, 0.25) is 0 Å². The van der Waals surface area contributed by atoms with Gasteiger partial charge >= 0.3 is 0 Å². The lowest BCUT2D eigenvalue weighted by Gasteiger charge is -2.19. The normalized spacial score (nSPS) is 10.5. The average Bonchev–Trinajstić information content (AvgIpc) is 2.49. The fraction of sp³-hybridized carbons (Fsp3) is 0.278. The minimum Gasteiger partial charge on any atom is -0.337 e. The first-order chi connectivity index (χ1) is 10.0. The van der Waals surface area contributed by atoms with E-state index in [9.17, 15) is 4.79 Å². The fourth-order valence-corrected chi connectivity index (χ4v) is 2.62. The van der Waals surface area contributed by atoms with Crippen molar-refractivity contribution < 1.29 is 4.79 Å². The van der Waals surface area contributed by atoms with Crippen LogP contribution in [0.3, 0.4) is 0 Å². The standard InChI is InChI=1S/C18H20BrNO/c1-4-14-6-8-15(9-7-14)12-20(3)18(21)17-11-16(19)10-5-13(17)2/h5-11H,4,12H2,1-3H3. The van der Waals surface area contributed by atoms with Crippen LogP contribution in [0, 0.1) is 6.92 Å². The number of hydrogen-bond acceptors (Lipinski definition) is 1. The molecular weight excluding hydrogens is 326 g/mol. The predicted octanol–water partition coefficient (Wildman–Crippen LogP) is 4.59. The molecule has 2 aromatic rings. The summed E-state index contributed by atoms with van der Waals surface area (Å²) in [6.45, 7) is 4.72. The van der Waals surface area contributed by atoms with Crippen molar-refractivity contribution in [1.29, 1.82) is 0 Å². The van der Waals surface area contributed by atoms with E-state index in [0.29, 0.717) is 6.54 Å². The molecule has 2 aromatic carbocycles. The molecule has 0 radical (unpaired) electrons. The first-order valence-electron chi connectivity index (χ1n) is 7.10. The first kappa shape index (κ1) is 15.8. The van der Waals surface area contributed by atoms with E-state index >= 15 is 0 Å². The molecule has 0 N–H and O–H groups in total. The molecular formula is C18H20BrNO. The van der Waals surface area contributed by atoms with Crippen molar-refractivity contribution in [3.05, 3.63) is 69.2 Å². The SMILES string of the molecule is CCc1ccc(CN(C)C(=O)c2cc(Br)ccc2C)cc1. The van der Waals surface area contributed by atoms with Gasteiger partial charge in [-0.2, -0.15) is 0 Å². The van der Waals surface area contributed by atoms with Crippen molar-refractivity contribution in [1.82, 2.24) is 4.90 Å². The van der Waals surface area contributed by atoms with Gasteiger partial charge in [0.15, 0.2) is 0 Å². The Morgan fingerprint density at radius 1 is 1.10 bits per heavy atom. The fourth-order valence-electron chi connectivity index (χ4n) is 2.26. The van der Waals surface area contributed by atoms with E-state index in [2.05, 4.69) is 47.1 Å². The Morgan fingerprint density at radius 2 is 1.71 bits per heavy atom. The second kappa shape index (κ2) is 6.90. The molecule has 0 aromatic heterocycles. The van der Waals surface area contributed by atoms with Crippen LogP contribution in [0.1, 0.15) is 34.0 Å². The smallest absolute Gasteiger partial charge is 0.254 e. The Kier molecular flexibility index (Phi) is 5.18. The largest absolute Gasteiger partial charge is 0.337 e. The van der Waals surface area contributed by atoms with Crippen LogP contribution in [0.25, 0.3) is 0 Å². The molecule has 0 bridgehead atoms. The van der Waals surface area contributed by atoms with Crippen molar-refractivity contribution >= 4 is 21.8 Å². The van der Waals surface area contributed by atoms with Gasteiger partial charge in [0.2, 0.25) is 0 Å². The van der Waals surface area contributed by atoms with Crippen LogP contribution in [0.4, 0.5) is 0 Å². The minimum atomic E-state index is 0.0494. The maximum Gasteiger partial charge on any atom is 0.254 e. The van der Waals surface area contributed by atoms with Gasteiger partial charge in [-0.3, -0.25) is 4.79 Å². The highest BCUT2D eigenvalue weighted by Gasteiger charge is 2.14. The van der Waals surface area contributed by atoms with Crippen LogP contribution in [0.5, 0.6) is 0 Å². The lowest BCUT2D eigenvalue weighted by molar-refractivity contribution is 0.0784. The number of aryl methyl sites for hydroxylation is 2. The van der Waals surface area contributed by atoms with Gasteiger partial charge < -0.3 is 4.90 Å². The molecule has 0 saturated carbocycles. The molecule has 0 saturated heterocycles. The number of nitrogens with zero attached hydrogens (tertiary/aromatic N) is 1. The number of halogens is 1. The van der Waals surface area contributed by atoms with E-state index < -0.39 is 0 Å². The summed E-state index contributed by atoms with van der Waals surface area (Å²) in [6, 6.07) is 14.2. The predicted molar refractivity (Wildman–Crippen MR) is 90.5 cm³/mol. The lowest BCUT2D eigenvalue weighted by atomic mass is 10.1. The summed E-state index contributed by atoms with van der Waals surface area (Å²) in [5.41, 5.74) is 4.21. The topological polar surface area (TPSA) is 20.3 Å². The molecule has 21 heavy (non-hydrogen) atoms. The van der Waals surface area contributed by atoms with Gasteiger partial charge in [0.05, 0.1) is 0 Å². The summed E-state index contributed by atoms with van der Waals surface area (Å²) >= 11 is 3.43. The highest BCUT2D eigenvalue weighted by Crippen LogP contribution is 2.18. The maximum atomic E-state index is 12.6. The average molecular weight is 346 g/mol. The summed E-state index contributed by atoms with van der Waals surface area (Å²) in [4.78, 5) is 14.3. The number of benzene rings is 2. The van der Waals surface area contributed by atoms with E-state index in [-0.39, 0.29) is 5.91 Å². The van der Waals surface area contributed by atoms with Crippen LogP contribution in [-0.4, -0.2) is 17.9 Å². The lowest BCUT2D eigenvalue weighted by Crippen LogP contribution is -2.26. The molecule has 0 fully saturated rings. The van der Waals surface area contributed by atoms with Crippen molar-refractivity contribution in [3.8, 4) is 0 Å². The molecule has 0 unspecified atom stereocenters. The van der Waals surface area contributed by atoms with Gasteiger partial charge in [-0.1, -0.05) is 53.2 Å². The summed E-state index contributed by atoms with van der Waals surface area (Å²) in [5, 5.41) is 0. The Labute approximate surface area is 134 Å². The molecule has 0 spiro atoms. The Hall–Kier alpha value is -1.61. The zero-order valence-corrected chi connectivity index (χ0v) is 14.3. The second-order valence-electron chi connectivity index (χ2n) is 5.29. The van der Waals surface area contributed by atoms with Crippen LogP contribution in [-0.2, 0) is 13.0 Å². The van der Waals surface area contributed by atoms with Gasteiger partial charge in [0.25, 0.3) is 5.91 Å². The minimum absolute atomic E-state index is 0.0494. The summed E-state index contributed by atoms with van der Waals surface area (Å²) in [7, 11) is 1.84. The Morgan fingerprint density at radius 3 is 2.33 bits per heavy atom. The molecule has 110 valence electrons. The summed E-state index contributed by atoms with van der Waals surface area (Å²) < 4.78 is 0.928. The molecule has 3 heteroatoms. The number of carbonyl (C=O) groups excluding carboxylic acids is 1. The van der Waals surface area contributed by atoms with Crippen molar-refractivity contribution in [3.63, 3.8) is 0 Å². The molecule has 2 rings (SSSR count). The van der Waals surface area contributed by atoms with Crippen LogP contribution < -0.4 is 0 Å². The van der Waals surface area contributed by atoms with Crippen LogP contribution >= 0.6 is 15.9 Å². The highest BCUT2D eigenvalue weighted by atomic mass is 79.9. The molecule has 0 aliphatic rings. The van der Waals surface area contributed by atoms with Crippen LogP contribution in [0.15, 0.2) is 46.9 Å². The number of rotatable bonds is 4. The van der Waals surface area contributed by atoms with E-state index in [0.717, 1.165) is 27.6 Å². The summed E-state index contributed by atoms with van der Waals surface area (Å²) in [5.74, 6) is 0.0494.